The van der Waals surface area contributed by atoms with Gasteiger partial charge in [0.1, 0.15) is 11.4 Å². The lowest BCUT2D eigenvalue weighted by Crippen LogP contribution is -2.50. The summed E-state index contributed by atoms with van der Waals surface area (Å²) in [4.78, 5) is 65.1. The Bertz CT molecular complexity index is 2370. The Balaban J connectivity index is 0.000000158. The average Bonchev–Trinajstić information content (AvgIpc) is 4.08. The zero-order chi connectivity index (χ0) is 43.9. The van der Waals surface area contributed by atoms with E-state index in [9.17, 15) is 19.2 Å². The first-order chi connectivity index (χ1) is 29.4. The fourth-order valence-corrected chi connectivity index (χ4v) is 10.6. The minimum absolute atomic E-state index is 0.0724. The van der Waals surface area contributed by atoms with Crippen molar-refractivity contribution in [2.45, 2.75) is 118 Å². The van der Waals surface area contributed by atoms with Gasteiger partial charge >= 0.3 is 0 Å². The van der Waals surface area contributed by atoms with Gasteiger partial charge in [-0.2, -0.15) is 10.2 Å². The predicted octanol–water partition coefficient (Wildman–Crippen LogP) is 7.74. The first-order valence-corrected chi connectivity index (χ1v) is 22.5. The van der Waals surface area contributed by atoms with Crippen molar-refractivity contribution in [2.75, 3.05) is 26.2 Å². The van der Waals surface area contributed by atoms with Crippen LogP contribution in [0.4, 0.5) is 0 Å². The van der Waals surface area contributed by atoms with E-state index in [0.717, 1.165) is 71.9 Å². The topological polar surface area (TPSA) is 135 Å². The van der Waals surface area contributed by atoms with Gasteiger partial charge in [-0.05, 0) is 137 Å². The number of ketones is 2. The maximum atomic E-state index is 13.2. The molecule has 4 aliphatic heterocycles. The van der Waals surface area contributed by atoms with Gasteiger partial charge in [-0.3, -0.25) is 38.5 Å². The van der Waals surface area contributed by atoms with E-state index < -0.39 is 0 Å². The van der Waals surface area contributed by atoms with Crippen LogP contribution in [0.1, 0.15) is 156 Å². The summed E-state index contributed by atoms with van der Waals surface area (Å²) in [5.74, 6) is 0.320. The zero-order valence-electron chi connectivity index (χ0n) is 37.6. The molecule has 10 rings (SSSR count). The minimum atomic E-state index is -0.148. The van der Waals surface area contributed by atoms with Gasteiger partial charge in [-0.1, -0.05) is 26.0 Å². The molecule has 2 amide bonds. The molecule has 324 valence electrons. The standard InChI is InChI=1S/2C25H30N4O2/c2*1-16-22(30)21-20(15-29(27-21)24(2,3)4)12-25(16)7-9-28(10-8-25)23(31)17-5-6-18-13-26-14-19(18)11-17/h2*5-6,11,14-16H,7-10,12-13H2,1-4H3. The van der Waals surface area contributed by atoms with E-state index in [1.807, 2.05) is 68.0 Å². The third kappa shape index (κ3) is 7.26. The third-order valence-corrected chi connectivity index (χ3v) is 15.0. The molecule has 6 aliphatic rings. The lowest BCUT2D eigenvalue weighted by atomic mass is 9.61. The van der Waals surface area contributed by atoms with E-state index >= 15 is 0 Å². The first-order valence-electron chi connectivity index (χ1n) is 22.5. The number of likely N-dealkylation sites (tertiary alicyclic amines) is 2. The van der Waals surface area contributed by atoms with Crippen molar-refractivity contribution in [3.05, 3.63) is 105 Å². The number of hydrogen-bond acceptors (Lipinski definition) is 8. The molecule has 0 N–H and O–H groups in total. The van der Waals surface area contributed by atoms with Gasteiger partial charge in [0.2, 0.25) is 0 Å². The molecule has 62 heavy (non-hydrogen) atoms. The lowest BCUT2D eigenvalue weighted by Gasteiger charge is -2.47. The number of aromatic nitrogens is 4. The molecule has 4 aromatic rings. The van der Waals surface area contributed by atoms with Crippen LogP contribution < -0.4 is 0 Å². The predicted molar refractivity (Wildman–Crippen MR) is 239 cm³/mol. The van der Waals surface area contributed by atoms with E-state index in [2.05, 4.69) is 88.0 Å². The van der Waals surface area contributed by atoms with E-state index in [-0.39, 0.29) is 57.1 Å². The molecular formula is C50H60N8O4. The van der Waals surface area contributed by atoms with Crippen molar-refractivity contribution < 1.29 is 19.2 Å². The number of rotatable bonds is 2. The summed E-state index contributed by atoms with van der Waals surface area (Å²) in [6.07, 6.45) is 12.9. The van der Waals surface area contributed by atoms with E-state index in [1.165, 1.54) is 11.1 Å². The molecule has 2 aromatic carbocycles. The van der Waals surface area contributed by atoms with Gasteiger partial charge in [-0.15, -0.1) is 0 Å². The Morgan fingerprint density at radius 1 is 0.581 bits per heavy atom. The molecule has 12 heteroatoms. The zero-order valence-corrected chi connectivity index (χ0v) is 37.6. The van der Waals surface area contributed by atoms with Crippen LogP contribution >= 0.6 is 0 Å². The van der Waals surface area contributed by atoms with Crippen LogP contribution in [0.15, 0.2) is 58.8 Å². The molecule has 2 atom stereocenters. The highest BCUT2D eigenvalue weighted by Crippen LogP contribution is 2.49. The summed E-state index contributed by atoms with van der Waals surface area (Å²) in [6, 6.07) is 11.8. The first kappa shape index (κ1) is 41.8. The number of piperidine rings is 2. The van der Waals surface area contributed by atoms with Crippen LogP contribution in [0, 0.1) is 22.7 Å². The Hall–Kier alpha value is -5.52. The monoisotopic (exact) mass is 836 g/mol. The molecule has 6 heterocycles. The Labute approximate surface area is 364 Å². The van der Waals surface area contributed by atoms with Crippen LogP contribution in [0.3, 0.4) is 0 Å². The molecule has 2 aromatic heterocycles. The van der Waals surface area contributed by atoms with Gasteiger partial charge in [0, 0.05) is 85.1 Å². The second-order valence-electron chi connectivity index (χ2n) is 20.8. The summed E-state index contributed by atoms with van der Waals surface area (Å²) in [6.45, 7) is 20.9. The van der Waals surface area contributed by atoms with Crippen LogP contribution in [0.5, 0.6) is 0 Å². The second kappa shape index (κ2) is 15.1. The Morgan fingerprint density at radius 2 is 0.952 bits per heavy atom. The minimum Gasteiger partial charge on any atom is -0.339 e. The molecule has 2 spiro atoms. The van der Waals surface area contributed by atoms with Crippen molar-refractivity contribution in [2.24, 2.45) is 32.7 Å². The number of Topliss-reactive ketones (excluding diaryl/α,β-unsaturated/α-hetero) is 2. The van der Waals surface area contributed by atoms with Crippen molar-refractivity contribution in [3.63, 3.8) is 0 Å². The number of carbonyl (C=O) groups is 4. The Kier molecular flexibility index (Phi) is 10.2. The third-order valence-electron chi connectivity index (χ3n) is 15.0. The normalized spacial score (nSPS) is 22.0. The van der Waals surface area contributed by atoms with Crippen LogP contribution in [0.2, 0.25) is 0 Å². The number of nitrogens with zero attached hydrogens (tertiary/aromatic N) is 8. The van der Waals surface area contributed by atoms with E-state index in [1.54, 1.807) is 0 Å². The number of carbonyl (C=O) groups excluding carboxylic acids is 4. The number of hydrogen-bond donors (Lipinski definition) is 0. The van der Waals surface area contributed by atoms with Crippen molar-refractivity contribution in [1.29, 1.82) is 0 Å². The summed E-state index contributed by atoms with van der Waals surface area (Å²) in [5, 5.41) is 9.27. The van der Waals surface area contributed by atoms with Gasteiger partial charge in [-0.25, -0.2) is 0 Å². The largest absolute Gasteiger partial charge is 0.339 e. The quantitative estimate of drug-likeness (QED) is 0.203. The summed E-state index contributed by atoms with van der Waals surface area (Å²) >= 11 is 0. The maximum absolute atomic E-state index is 13.2. The molecular weight excluding hydrogens is 777 g/mol. The molecule has 2 fully saturated rings. The molecule has 0 bridgehead atoms. The molecule has 2 unspecified atom stereocenters. The van der Waals surface area contributed by atoms with E-state index in [0.29, 0.717) is 50.7 Å². The smallest absolute Gasteiger partial charge is 0.253 e. The molecule has 2 saturated heterocycles. The highest BCUT2D eigenvalue weighted by molar-refractivity contribution is 6.00. The van der Waals surface area contributed by atoms with Crippen LogP contribution in [0.25, 0.3) is 0 Å². The van der Waals surface area contributed by atoms with Gasteiger partial charge in [0.05, 0.1) is 24.2 Å². The summed E-state index contributed by atoms with van der Waals surface area (Å²) < 4.78 is 3.86. The summed E-state index contributed by atoms with van der Waals surface area (Å²) in [7, 11) is 0. The number of benzene rings is 2. The van der Waals surface area contributed by atoms with Crippen LogP contribution in [-0.4, -0.2) is 91.3 Å². The van der Waals surface area contributed by atoms with Crippen molar-refractivity contribution in [3.8, 4) is 0 Å². The van der Waals surface area contributed by atoms with Crippen molar-refractivity contribution >= 4 is 35.8 Å². The van der Waals surface area contributed by atoms with Gasteiger partial charge in [0.25, 0.3) is 11.8 Å². The lowest BCUT2D eigenvalue weighted by molar-refractivity contribution is 0.0337. The van der Waals surface area contributed by atoms with Crippen molar-refractivity contribution in [1.82, 2.24) is 29.4 Å². The maximum Gasteiger partial charge on any atom is 0.253 e. The van der Waals surface area contributed by atoms with Crippen LogP contribution in [-0.2, 0) is 37.0 Å². The highest BCUT2D eigenvalue weighted by Gasteiger charge is 2.50. The van der Waals surface area contributed by atoms with Gasteiger partial charge < -0.3 is 9.80 Å². The number of amides is 2. The fraction of sp³-hybridized carbons (Fsp3) is 0.520. The SMILES string of the molecule is CC1C(=O)c2nn(C(C)(C)C)cc2CC12CCN(C(=O)c1ccc3c(c1)C=NC3)CC2.CC1C(=O)c2nn(C(C)(C)C)cc2CC12CCN(C(=O)c1ccc3c(c1)C=NC3)CC2. The molecule has 0 saturated carbocycles. The molecule has 2 aliphatic carbocycles. The second-order valence-corrected chi connectivity index (χ2v) is 20.8. The number of aliphatic imine (C=N–C) groups is 2. The Morgan fingerprint density at radius 3 is 1.31 bits per heavy atom. The molecule has 0 radical (unpaired) electrons. The van der Waals surface area contributed by atoms with Gasteiger partial charge in [0.15, 0.2) is 11.6 Å². The average molecular weight is 837 g/mol. The van der Waals surface area contributed by atoms with E-state index in [4.69, 9.17) is 0 Å². The fourth-order valence-electron chi connectivity index (χ4n) is 10.6. The molecule has 12 nitrogen and oxygen atoms in total. The summed E-state index contributed by atoms with van der Waals surface area (Å²) in [5.41, 5.74) is 8.86. The number of fused-ring (bicyclic) bond motifs is 4. The highest BCUT2D eigenvalue weighted by atomic mass is 16.2.